The summed E-state index contributed by atoms with van der Waals surface area (Å²) in [6.45, 7) is 2.71. The van der Waals surface area contributed by atoms with Crippen molar-refractivity contribution in [1.29, 1.82) is 0 Å². The van der Waals surface area contributed by atoms with Crippen LogP contribution in [0.25, 0.3) is 0 Å². The Hall–Kier alpha value is -0.150. The third kappa shape index (κ3) is 13.2. The number of unbranched alkanes of at least 4 members (excludes halogenated alkanes) is 14. The Kier molecular flexibility index (Phi) is 14.9. The van der Waals surface area contributed by atoms with Crippen LogP contribution < -0.4 is 0 Å². The van der Waals surface area contributed by atoms with Crippen LogP contribution in [0.3, 0.4) is 0 Å². The largest absolute Gasteiger partial charge is 0.202 e. The molecule has 1 rings (SSSR count). The summed E-state index contributed by atoms with van der Waals surface area (Å²) in [6, 6.07) is 0. The molecule has 0 spiro atoms. The maximum Gasteiger partial charge on any atom is 0.0887 e. The van der Waals surface area contributed by atoms with Crippen molar-refractivity contribution in [2.75, 3.05) is 6.61 Å². The molecular weight excluding hydrogens is 303 g/mol. The average molecular weight is 345 g/mol. The van der Waals surface area contributed by atoms with E-state index in [0.717, 1.165) is 5.92 Å². The van der Waals surface area contributed by atoms with Crippen LogP contribution in [0.4, 0.5) is 4.53 Å². The number of rotatable bonds is 19. The highest BCUT2D eigenvalue weighted by molar-refractivity contribution is 4.85. The SMILES string of the molecule is CCCCCCCCCCCCCCCCCC1CC1COOF. The van der Waals surface area contributed by atoms with E-state index in [4.69, 9.17) is 0 Å². The second-order valence-corrected chi connectivity index (χ2v) is 7.84. The first-order chi connectivity index (χ1) is 11.9. The van der Waals surface area contributed by atoms with Crippen molar-refractivity contribution in [3.63, 3.8) is 0 Å². The molecule has 1 aliphatic carbocycles. The van der Waals surface area contributed by atoms with Crippen LogP contribution in [-0.4, -0.2) is 6.61 Å². The molecule has 0 aromatic heterocycles. The second-order valence-electron chi connectivity index (χ2n) is 7.84. The van der Waals surface area contributed by atoms with Gasteiger partial charge in [0.15, 0.2) is 0 Å². The molecule has 0 radical (unpaired) electrons. The van der Waals surface area contributed by atoms with Crippen LogP contribution >= 0.6 is 0 Å². The standard InChI is InChI=1S/C21H41FO2/c1-2-3-4-5-6-7-8-9-10-11-12-13-14-15-16-17-20-18-21(20)19-23-24-22/h20-21H,2-19H2,1H3. The van der Waals surface area contributed by atoms with Gasteiger partial charge in [-0.3, -0.25) is 0 Å². The van der Waals surface area contributed by atoms with E-state index in [2.05, 4.69) is 16.9 Å². The molecular formula is C21H41FO2. The first-order valence-corrected chi connectivity index (χ1v) is 10.8. The Morgan fingerprint density at radius 3 is 1.58 bits per heavy atom. The Labute approximate surface area is 149 Å². The van der Waals surface area contributed by atoms with Gasteiger partial charge in [-0.15, -0.1) is 0 Å². The van der Waals surface area contributed by atoms with Crippen LogP contribution in [0, 0.1) is 11.8 Å². The quantitative estimate of drug-likeness (QED) is 0.136. The average Bonchev–Trinajstić information content (AvgIpc) is 3.35. The van der Waals surface area contributed by atoms with E-state index >= 15 is 0 Å². The summed E-state index contributed by atoms with van der Waals surface area (Å²) >= 11 is 0. The minimum absolute atomic E-state index is 0.430. The van der Waals surface area contributed by atoms with Gasteiger partial charge in [0.1, 0.15) is 0 Å². The summed E-state index contributed by atoms with van der Waals surface area (Å²) < 4.78 is 11.4. The molecule has 0 bridgehead atoms. The fraction of sp³-hybridized carbons (Fsp3) is 1.00. The van der Waals surface area contributed by atoms with E-state index in [-0.39, 0.29) is 0 Å². The van der Waals surface area contributed by atoms with Gasteiger partial charge < -0.3 is 0 Å². The highest BCUT2D eigenvalue weighted by atomic mass is 19.3. The van der Waals surface area contributed by atoms with Gasteiger partial charge in [-0.05, 0) is 27.9 Å². The predicted octanol–water partition coefficient (Wildman–Crippen LogP) is 7.72. The van der Waals surface area contributed by atoms with E-state index in [1.54, 1.807) is 0 Å². The third-order valence-corrected chi connectivity index (χ3v) is 5.57. The van der Waals surface area contributed by atoms with Crippen molar-refractivity contribution in [1.82, 2.24) is 0 Å². The first-order valence-electron chi connectivity index (χ1n) is 10.8. The maximum atomic E-state index is 11.4. The molecule has 1 aliphatic rings. The molecule has 2 atom stereocenters. The van der Waals surface area contributed by atoms with Crippen molar-refractivity contribution in [3.8, 4) is 0 Å². The molecule has 0 saturated heterocycles. The summed E-state index contributed by atoms with van der Waals surface area (Å²) in [5.41, 5.74) is 0. The van der Waals surface area contributed by atoms with E-state index in [1.807, 2.05) is 0 Å². The zero-order valence-corrected chi connectivity index (χ0v) is 16.1. The molecule has 0 aliphatic heterocycles. The van der Waals surface area contributed by atoms with Crippen molar-refractivity contribution < 1.29 is 14.5 Å². The molecule has 2 nitrogen and oxygen atoms in total. The highest BCUT2D eigenvalue weighted by Gasteiger charge is 2.36. The van der Waals surface area contributed by atoms with E-state index in [0.29, 0.717) is 12.5 Å². The molecule has 0 amide bonds. The van der Waals surface area contributed by atoms with Gasteiger partial charge in [0.05, 0.1) is 6.61 Å². The number of halogens is 1. The van der Waals surface area contributed by atoms with Crippen LogP contribution in [0.2, 0.25) is 0 Å². The number of hydrogen-bond donors (Lipinski definition) is 0. The molecule has 24 heavy (non-hydrogen) atoms. The smallest absolute Gasteiger partial charge is 0.0887 e. The van der Waals surface area contributed by atoms with Gasteiger partial charge in [-0.2, -0.15) is 0 Å². The topological polar surface area (TPSA) is 18.5 Å². The summed E-state index contributed by atoms with van der Waals surface area (Å²) in [4.78, 5) is 4.35. The van der Waals surface area contributed by atoms with E-state index < -0.39 is 0 Å². The summed E-state index contributed by atoms with van der Waals surface area (Å²) in [5.74, 6) is 1.31. The van der Waals surface area contributed by atoms with Crippen LogP contribution in [0.5, 0.6) is 0 Å². The van der Waals surface area contributed by atoms with Gasteiger partial charge in [0, 0.05) is 0 Å². The normalized spacial score (nSPS) is 19.8. The third-order valence-electron chi connectivity index (χ3n) is 5.57. The molecule has 0 N–H and O–H groups in total. The fourth-order valence-electron chi connectivity index (χ4n) is 3.76. The lowest BCUT2D eigenvalue weighted by molar-refractivity contribution is -0.431. The van der Waals surface area contributed by atoms with Gasteiger partial charge in [0.2, 0.25) is 0 Å². The van der Waals surface area contributed by atoms with Gasteiger partial charge in [-0.25, -0.2) is 4.89 Å². The summed E-state index contributed by atoms with van der Waals surface area (Å²) in [5, 5.41) is 3.17. The van der Waals surface area contributed by atoms with Crippen molar-refractivity contribution >= 4 is 0 Å². The Morgan fingerprint density at radius 1 is 0.667 bits per heavy atom. The maximum absolute atomic E-state index is 11.4. The van der Waals surface area contributed by atoms with Crippen LogP contribution in [-0.2, 0) is 9.98 Å². The zero-order chi connectivity index (χ0) is 17.3. The molecule has 2 unspecified atom stereocenters. The Balaban J connectivity index is 1.66. The second kappa shape index (κ2) is 16.3. The summed E-state index contributed by atoms with van der Waals surface area (Å²) in [6.07, 6.45) is 23.7. The Morgan fingerprint density at radius 2 is 1.12 bits per heavy atom. The Bertz CT molecular complexity index is 260. The van der Waals surface area contributed by atoms with Gasteiger partial charge >= 0.3 is 0 Å². The summed E-state index contributed by atoms with van der Waals surface area (Å²) in [7, 11) is 0. The minimum atomic E-state index is 0.430. The molecule has 0 aromatic rings. The zero-order valence-electron chi connectivity index (χ0n) is 16.1. The minimum Gasteiger partial charge on any atom is -0.202 e. The van der Waals surface area contributed by atoms with Crippen molar-refractivity contribution in [2.24, 2.45) is 11.8 Å². The highest BCUT2D eigenvalue weighted by Crippen LogP contribution is 2.42. The molecule has 3 heteroatoms. The van der Waals surface area contributed by atoms with Crippen LogP contribution in [0.15, 0.2) is 0 Å². The molecule has 0 heterocycles. The molecule has 1 saturated carbocycles. The molecule has 1 fully saturated rings. The first kappa shape index (κ1) is 21.9. The lowest BCUT2D eigenvalue weighted by Crippen LogP contribution is -1.95. The molecule has 144 valence electrons. The lowest BCUT2D eigenvalue weighted by Gasteiger charge is -2.03. The predicted molar refractivity (Wildman–Crippen MR) is 99.3 cm³/mol. The lowest BCUT2D eigenvalue weighted by atomic mass is 10.0. The number of hydrogen-bond acceptors (Lipinski definition) is 2. The van der Waals surface area contributed by atoms with E-state index in [9.17, 15) is 4.53 Å². The molecule has 0 aromatic carbocycles. The van der Waals surface area contributed by atoms with Crippen molar-refractivity contribution in [3.05, 3.63) is 0 Å². The van der Waals surface area contributed by atoms with Gasteiger partial charge in [-0.1, -0.05) is 110 Å². The monoisotopic (exact) mass is 344 g/mol. The van der Waals surface area contributed by atoms with E-state index in [1.165, 1.54) is 109 Å². The fourth-order valence-corrected chi connectivity index (χ4v) is 3.76. The van der Waals surface area contributed by atoms with Crippen molar-refractivity contribution in [2.45, 2.75) is 116 Å². The van der Waals surface area contributed by atoms with Crippen LogP contribution in [0.1, 0.15) is 116 Å². The van der Waals surface area contributed by atoms with Gasteiger partial charge in [0.25, 0.3) is 0 Å².